The molecule has 23 heavy (non-hydrogen) atoms. The van der Waals surface area contributed by atoms with Gasteiger partial charge in [-0.05, 0) is 23.6 Å². The van der Waals surface area contributed by atoms with Crippen LogP contribution in [0.1, 0.15) is 25.8 Å². The van der Waals surface area contributed by atoms with E-state index >= 15 is 0 Å². The third-order valence-corrected chi connectivity index (χ3v) is 4.03. The van der Waals surface area contributed by atoms with Crippen LogP contribution in [-0.2, 0) is 11.3 Å². The minimum atomic E-state index is -0.623. The molecule has 1 heterocycles. The normalized spacial score (nSPS) is 13.3. The van der Waals surface area contributed by atoms with Gasteiger partial charge in [0.05, 0.1) is 12.6 Å². The fraction of sp³-hybridized carbons (Fsp3) is 0.333. The molecule has 1 aromatic heterocycles. The number of nitrogens with zero attached hydrogens (tertiary/aromatic N) is 1. The number of pyridine rings is 1. The molecule has 0 aliphatic carbocycles. The van der Waals surface area contributed by atoms with E-state index in [0.717, 1.165) is 12.0 Å². The highest BCUT2D eigenvalue weighted by Crippen LogP contribution is 2.08. The van der Waals surface area contributed by atoms with Gasteiger partial charge in [0, 0.05) is 6.20 Å². The summed E-state index contributed by atoms with van der Waals surface area (Å²) in [5.41, 5.74) is 6.95. The van der Waals surface area contributed by atoms with E-state index in [-0.39, 0.29) is 23.1 Å². The minimum Gasteiger partial charge on any atom is -0.320 e. The second-order valence-electron chi connectivity index (χ2n) is 5.74. The summed E-state index contributed by atoms with van der Waals surface area (Å²) >= 11 is 0. The Morgan fingerprint density at radius 3 is 2.57 bits per heavy atom. The lowest BCUT2D eigenvalue weighted by molar-refractivity contribution is -0.118. The SMILES string of the molecule is CCC(C)C(N)C(=O)Nc1cccn(Cc2ccccc2)c1=O. The quantitative estimate of drug-likeness (QED) is 0.858. The summed E-state index contributed by atoms with van der Waals surface area (Å²) in [4.78, 5) is 24.6. The van der Waals surface area contributed by atoms with E-state index in [0.29, 0.717) is 6.54 Å². The maximum atomic E-state index is 12.5. The standard InChI is InChI=1S/C18H23N3O2/c1-3-13(2)16(19)17(22)20-15-10-7-11-21(18(15)23)12-14-8-5-4-6-9-14/h4-11,13,16H,3,12,19H2,1-2H3,(H,20,22). The van der Waals surface area contributed by atoms with Crippen LogP contribution in [0.15, 0.2) is 53.5 Å². The van der Waals surface area contributed by atoms with Crippen molar-refractivity contribution >= 4 is 11.6 Å². The second kappa shape index (κ2) is 7.74. The van der Waals surface area contributed by atoms with Crippen LogP contribution in [0.4, 0.5) is 5.69 Å². The maximum Gasteiger partial charge on any atom is 0.274 e. The number of hydrogen-bond acceptors (Lipinski definition) is 3. The van der Waals surface area contributed by atoms with Crippen LogP contribution in [-0.4, -0.2) is 16.5 Å². The fourth-order valence-electron chi connectivity index (χ4n) is 2.27. The average molecular weight is 313 g/mol. The summed E-state index contributed by atoms with van der Waals surface area (Å²) in [6.07, 6.45) is 2.52. The van der Waals surface area contributed by atoms with Crippen molar-refractivity contribution in [2.75, 3.05) is 5.32 Å². The molecule has 5 heteroatoms. The Labute approximate surface area is 136 Å². The summed E-state index contributed by atoms with van der Waals surface area (Å²) in [7, 11) is 0. The predicted octanol–water partition coefficient (Wildman–Crippen LogP) is 2.21. The Morgan fingerprint density at radius 2 is 1.91 bits per heavy atom. The lowest BCUT2D eigenvalue weighted by atomic mass is 9.99. The van der Waals surface area contributed by atoms with Gasteiger partial charge in [0.2, 0.25) is 5.91 Å². The Balaban J connectivity index is 2.17. The summed E-state index contributed by atoms with van der Waals surface area (Å²) in [5.74, 6) is -0.265. The highest BCUT2D eigenvalue weighted by Gasteiger charge is 2.20. The van der Waals surface area contributed by atoms with E-state index in [1.165, 1.54) is 0 Å². The van der Waals surface area contributed by atoms with Crippen LogP contribution in [0, 0.1) is 5.92 Å². The lowest BCUT2D eigenvalue weighted by Crippen LogP contribution is -2.41. The summed E-state index contributed by atoms with van der Waals surface area (Å²) < 4.78 is 1.57. The zero-order valence-electron chi connectivity index (χ0n) is 13.5. The molecule has 0 fully saturated rings. The minimum absolute atomic E-state index is 0.0604. The van der Waals surface area contributed by atoms with Crippen LogP contribution in [0.5, 0.6) is 0 Å². The number of nitrogens with one attached hydrogen (secondary N) is 1. The number of nitrogens with two attached hydrogens (primary N) is 1. The van der Waals surface area contributed by atoms with Gasteiger partial charge in [0.15, 0.2) is 0 Å². The molecule has 0 aliphatic rings. The Hall–Kier alpha value is -2.40. The summed E-state index contributed by atoms with van der Waals surface area (Å²) in [5, 5.41) is 2.65. The van der Waals surface area contributed by atoms with E-state index in [9.17, 15) is 9.59 Å². The molecule has 2 unspecified atom stereocenters. The van der Waals surface area contributed by atoms with Gasteiger partial charge in [-0.15, -0.1) is 0 Å². The van der Waals surface area contributed by atoms with Crippen molar-refractivity contribution in [2.24, 2.45) is 11.7 Å². The number of carbonyl (C=O) groups is 1. The van der Waals surface area contributed by atoms with Crippen molar-refractivity contribution in [3.63, 3.8) is 0 Å². The first-order valence-electron chi connectivity index (χ1n) is 7.82. The van der Waals surface area contributed by atoms with E-state index in [1.54, 1.807) is 22.9 Å². The van der Waals surface area contributed by atoms with Crippen molar-refractivity contribution < 1.29 is 4.79 Å². The Morgan fingerprint density at radius 1 is 1.22 bits per heavy atom. The number of hydrogen-bond donors (Lipinski definition) is 2. The third-order valence-electron chi connectivity index (χ3n) is 4.03. The molecule has 1 amide bonds. The van der Waals surface area contributed by atoms with Crippen LogP contribution in [0.25, 0.3) is 0 Å². The van der Waals surface area contributed by atoms with Crippen molar-refractivity contribution in [2.45, 2.75) is 32.9 Å². The number of amides is 1. The molecule has 1 aromatic carbocycles. The number of rotatable bonds is 6. The number of aromatic nitrogens is 1. The molecule has 2 atom stereocenters. The van der Waals surface area contributed by atoms with Gasteiger partial charge in [-0.3, -0.25) is 9.59 Å². The fourth-order valence-corrected chi connectivity index (χ4v) is 2.27. The maximum absolute atomic E-state index is 12.5. The summed E-state index contributed by atoms with van der Waals surface area (Å²) in [6, 6.07) is 12.4. The summed E-state index contributed by atoms with van der Waals surface area (Å²) in [6.45, 7) is 4.36. The molecule has 0 bridgehead atoms. The molecule has 0 aliphatic heterocycles. The molecular weight excluding hydrogens is 290 g/mol. The van der Waals surface area contributed by atoms with Gasteiger partial charge in [-0.1, -0.05) is 50.6 Å². The number of carbonyl (C=O) groups excluding carboxylic acids is 1. The van der Waals surface area contributed by atoms with Crippen LogP contribution in [0.3, 0.4) is 0 Å². The van der Waals surface area contributed by atoms with E-state index < -0.39 is 6.04 Å². The smallest absolute Gasteiger partial charge is 0.274 e. The van der Waals surface area contributed by atoms with Crippen molar-refractivity contribution in [1.29, 1.82) is 0 Å². The second-order valence-corrected chi connectivity index (χ2v) is 5.74. The first-order valence-corrected chi connectivity index (χ1v) is 7.82. The van der Waals surface area contributed by atoms with Crippen LogP contribution in [0.2, 0.25) is 0 Å². The van der Waals surface area contributed by atoms with Gasteiger partial charge in [0.1, 0.15) is 5.69 Å². The van der Waals surface area contributed by atoms with Crippen molar-refractivity contribution in [1.82, 2.24) is 4.57 Å². The molecule has 5 nitrogen and oxygen atoms in total. The van der Waals surface area contributed by atoms with Crippen LogP contribution < -0.4 is 16.6 Å². The van der Waals surface area contributed by atoms with Gasteiger partial charge in [-0.25, -0.2) is 0 Å². The molecule has 3 N–H and O–H groups in total. The van der Waals surface area contributed by atoms with Crippen molar-refractivity contribution in [3.05, 3.63) is 64.6 Å². The number of anilines is 1. The molecular formula is C18H23N3O2. The van der Waals surface area contributed by atoms with Crippen molar-refractivity contribution in [3.8, 4) is 0 Å². The lowest BCUT2D eigenvalue weighted by Gasteiger charge is -2.17. The monoisotopic (exact) mass is 313 g/mol. The number of benzene rings is 1. The first-order chi connectivity index (χ1) is 11.0. The largest absolute Gasteiger partial charge is 0.320 e. The van der Waals surface area contributed by atoms with Crippen LogP contribution >= 0.6 is 0 Å². The third kappa shape index (κ3) is 4.29. The van der Waals surface area contributed by atoms with Gasteiger partial charge < -0.3 is 15.6 Å². The van der Waals surface area contributed by atoms with Gasteiger partial charge in [0.25, 0.3) is 5.56 Å². The van der Waals surface area contributed by atoms with Gasteiger partial charge in [-0.2, -0.15) is 0 Å². The molecule has 122 valence electrons. The molecule has 0 spiro atoms. The van der Waals surface area contributed by atoms with E-state index in [1.807, 2.05) is 44.2 Å². The highest BCUT2D eigenvalue weighted by atomic mass is 16.2. The highest BCUT2D eigenvalue weighted by molar-refractivity contribution is 5.94. The Kier molecular flexibility index (Phi) is 5.71. The molecule has 2 rings (SSSR count). The molecule has 0 radical (unpaired) electrons. The predicted molar refractivity (Wildman–Crippen MR) is 92.3 cm³/mol. The Bertz CT molecular complexity index is 710. The molecule has 0 saturated heterocycles. The first kappa shape index (κ1) is 17.0. The van der Waals surface area contributed by atoms with Gasteiger partial charge >= 0.3 is 0 Å². The topological polar surface area (TPSA) is 77.1 Å². The average Bonchev–Trinajstić information content (AvgIpc) is 2.58. The van der Waals surface area contributed by atoms with E-state index in [2.05, 4.69) is 5.32 Å². The zero-order valence-corrected chi connectivity index (χ0v) is 13.5. The molecule has 0 saturated carbocycles. The van der Waals surface area contributed by atoms with E-state index in [4.69, 9.17) is 5.73 Å². The molecule has 2 aromatic rings. The zero-order chi connectivity index (χ0) is 16.8.